The van der Waals surface area contributed by atoms with Crippen LogP contribution in [0.25, 0.3) is 0 Å². The van der Waals surface area contributed by atoms with Crippen molar-refractivity contribution in [3.05, 3.63) is 29.3 Å². The van der Waals surface area contributed by atoms with Crippen molar-refractivity contribution in [3.8, 4) is 0 Å². The zero-order valence-electron chi connectivity index (χ0n) is 11.8. The van der Waals surface area contributed by atoms with Crippen LogP contribution in [0.3, 0.4) is 0 Å². The average Bonchev–Trinajstić information content (AvgIpc) is 2.29. The van der Waals surface area contributed by atoms with Gasteiger partial charge in [-0.1, -0.05) is 17.7 Å². The fraction of sp³-hybridized carbons (Fsp3) is 0.429. The number of nitrogens with one attached hydrogen (secondary N) is 3. The molecule has 19 heavy (non-hydrogen) atoms. The summed E-state index contributed by atoms with van der Waals surface area (Å²) in [5, 5.41) is 7.92. The third-order valence-electron chi connectivity index (χ3n) is 2.49. The average molecular weight is 263 g/mol. The first-order chi connectivity index (χ1) is 8.88. The van der Waals surface area contributed by atoms with Crippen molar-refractivity contribution < 1.29 is 9.59 Å². The molecule has 3 N–H and O–H groups in total. The lowest BCUT2D eigenvalue weighted by molar-refractivity contribution is -0.115. The molecule has 0 saturated heterocycles. The maximum atomic E-state index is 11.7. The molecule has 0 spiro atoms. The second kappa shape index (κ2) is 6.78. The highest BCUT2D eigenvalue weighted by Crippen LogP contribution is 2.15. The first-order valence-electron chi connectivity index (χ1n) is 6.30. The maximum absolute atomic E-state index is 11.7. The Morgan fingerprint density at radius 2 is 1.89 bits per heavy atom. The van der Waals surface area contributed by atoms with Gasteiger partial charge in [0.2, 0.25) is 5.91 Å². The Bertz CT molecular complexity index is 470. The lowest BCUT2D eigenvalue weighted by atomic mass is 10.1. The summed E-state index contributed by atoms with van der Waals surface area (Å²) in [5.74, 6) is -0.245. The summed E-state index contributed by atoms with van der Waals surface area (Å²) in [6.45, 7) is 7.59. The zero-order chi connectivity index (χ0) is 14.4. The van der Waals surface area contributed by atoms with E-state index < -0.39 is 0 Å². The van der Waals surface area contributed by atoms with Gasteiger partial charge < -0.3 is 16.0 Å². The van der Waals surface area contributed by atoms with Gasteiger partial charge in [0, 0.05) is 11.7 Å². The molecule has 5 heteroatoms. The fourth-order valence-electron chi connectivity index (χ4n) is 1.62. The molecule has 0 atom stereocenters. The highest BCUT2D eigenvalue weighted by molar-refractivity contribution is 5.94. The molecule has 3 amide bonds. The summed E-state index contributed by atoms with van der Waals surface area (Å²) >= 11 is 0. The molecular weight excluding hydrogens is 242 g/mol. The van der Waals surface area contributed by atoms with E-state index in [-0.39, 0.29) is 24.5 Å². The van der Waals surface area contributed by atoms with Crippen molar-refractivity contribution in [2.24, 2.45) is 0 Å². The number of urea groups is 1. The summed E-state index contributed by atoms with van der Waals surface area (Å²) < 4.78 is 0. The second-order valence-electron chi connectivity index (χ2n) is 4.85. The largest absolute Gasteiger partial charge is 0.336 e. The Morgan fingerprint density at radius 3 is 2.47 bits per heavy atom. The summed E-state index contributed by atoms with van der Waals surface area (Å²) in [6, 6.07) is 5.49. The van der Waals surface area contributed by atoms with Crippen LogP contribution in [0.2, 0.25) is 0 Å². The zero-order valence-corrected chi connectivity index (χ0v) is 11.8. The lowest BCUT2D eigenvalue weighted by Gasteiger charge is -2.11. The van der Waals surface area contributed by atoms with Crippen LogP contribution in [0.5, 0.6) is 0 Å². The number of hydrogen-bond donors (Lipinski definition) is 3. The number of carbonyl (C=O) groups is 2. The van der Waals surface area contributed by atoms with E-state index in [0.717, 1.165) is 16.8 Å². The Labute approximate surface area is 113 Å². The van der Waals surface area contributed by atoms with Crippen LogP contribution in [0.1, 0.15) is 25.0 Å². The highest BCUT2D eigenvalue weighted by Gasteiger charge is 2.07. The Kier molecular flexibility index (Phi) is 5.36. The minimum atomic E-state index is -0.342. The molecule has 0 heterocycles. The van der Waals surface area contributed by atoms with Crippen molar-refractivity contribution in [2.45, 2.75) is 33.7 Å². The Morgan fingerprint density at radius 1 is 1.21 bits per heavy atom. The van der Waals surface area contributed by atoms with Crippen LogP contribution < -0.4 is 16.0 Å². The molecule has 0 aliphatic carbocycles. The number of hydrogen-bond acceptors (Lipinski definition) is 2. The summed E-state index contributed by atoms with van der Waals surface area (Å²) in [4.78, 5) is 23.0. The normalized spacial score (nSPS) is 10.2. The SMILES string of the molecule is Cc1ccc(NC(=O)CNC(=O)NC(C)C)c(C)c1. The molecular formula is C14H21N3O2. The van der Waals surface area contributed by atoms with Crippen molar-refractivity contribution in [1.82, 2.24) is 10.6 Å². The third-order valence-corrected chi connectivity index (χ3v) is 2.49. The van der Waals surface area contributed by atoms with Gasteiger partial charge in [0.05, 0.1) is 6.54 Å². The maximum Gasteiger partial charge on any atom is 0.315 e. The highest BCUT2D eigenvalue weighted by atomic mass is 16.2. The van der Waals surface area contributed by atoms with E-state index in [0.29, 0.717) is 0 Å². The minimum absolute atomic E-state index is 0.0439. The van der Waals surface area contributed by atoms with Gasteiger partial charge in [-0.25, -0.2) is 4.79 Å². The smallest absolute Gasteiger partial charge is 0.315 e. The molecule has 0 bridgehead atoms. The van der Waals surface area contributed by atoms with Gasteiger partial charge in [-0.15, -0.1) is 0 Å². The van der Waals surface area contributed by atoms with Crippen molar-refractivity contribution >= 4 is 17.6 Å². The van der Waals surface area contributed by atoms with Crippen LogP contribution in [-0.4, -0.2) is 24.5 Å². The number of anilines is 1. The van der Waals surface area contributed by atoms with Crippen molar-refractivity contribution in [1.29, 1.82) is 0 Å². The number of amides is 3. The first-order valence-corrected chi connectivity index (χ1v) is 6.30. The Balaban J connectivity index is 2.45. The van der Waals surface area contributed by atoms with E-state index in [2.05, 4.69) is 16.0 Å². The molecule has 104 valence electrons. The number of rotatable bonds is 4. The van der Waals surface area contributed by atoms with E-state index >= 15 is 0 Å². The van der Waals surface area contributed by atoms with Crippen LogP contribution in [0, 0.1) is 13.8 Å². The van der Waals surface area contributed by atoms with Crippen molar-refractivity contribution in [2.75, 3.05) is 11.9 Å². The van der Waals surface area contributed by atoms with Gasteiger partial charge in [-0.3, -0.25) is 4.79 Å². The first kappa shape index (κ1) is 15.0. The van der Waals surface area contributed by atoms with Gasteiger partial charge in [0.25, 0.3) is 0 Å². The van der Waals surface area contributed by atoms with Crippen molar-refractivity contribution in [3.63, 3.8) is 0 Å². The van der Waals surface area contributed by atoms with Gasteiger partial charge in [-0.05, 0) is 39.3 Å². The van der Waals surface area contributed by atoms with E-state index in [1.165, 1.54) is 0 Å². The van der Waals surface area contributed by atoms with Gasteiger partial charge in [0.15, 0.2) is 0 Å². The van der Waals surface area contributed by atoms with Gasteiger partial charge in [0.1, 0.15) is 0 Å². The molecule has 0 aliphatic rings. The topological polar surface area (TPSA) is 70.2 Å². The van der Waals surface area contributed by atoms with E-state index in [1.807, 2.05) is 45.9 Å². The lowest BCUT2D eigenvalue weighted by Crippen LogP contribution is -2.42. The van der Waals surface area contributed by atoms with Crippen LogP contribution in [0.15, 0.2) is 18.2 Å². The molecule has 1 rings (SSSR count). The predicted molar refractivity (Wildman–Crippen MR) is 76.2 cm³/mol. The standard InChI is InChI=1S/C14H21N3O2/c1-9(2)16-14(19)15-8-13(18)17-12-6-5-10(3)7-11(12)4/h5-7,9H,8H2,1-4H3,(H,17,18)(H2,15,16,19). The third kappa shape index (κ3) is 5.42. The van der Waals surface area contributed by atoms with Crippen LogP contribution >= 0.6 is 0 Å². The Hall–Kier alpha value is -2.04. The molecule has 1 aromatic rings. The van der Waals surface area contributed by atoms with Gasteiger partial charge >= 0.3 is 6.03 Å². The quantitative estimate of drug-likeness (QED) is 0.777. The molecule has 0 aromatic heterocycles. The molecule has 0 aliphatic heterocycles. The van der Waals surface area contributed by atoms with E-state index in [4.69, 9.17) is 0 Å². The summed E-state index contributed by atoms with van der Waals surface area (Å²) in [7, 11) is 0. The van der Waals surface area contributed by atoms with Gasteiger partial charge in [-0.2, -0.15) is 0 Å². The molecule has 0 saturated carbocycles. The monoisotopic (exact) mass is 263 g/mol. The predicted octanol–water partition coefficient (Wildman–Crippen LogP) is 1.95. The molecule has 0 fully saturated rings. The fourth-order valence-corrected chi connectivity index (χ4v) is 1.62. The second-order valence-corrected chi connectivity index (χ2v) is 4.85. The number of aryl methyl sites for hydroxylation is 2. The molecule has 1 aromatic carbocycles. The van der Waals surface area contributed by atoms with E-state index in [9.17, 15) is 9.59 Å². The van der Waals surface area contributed by atoms with E-state index in [1.54, 1.807) is 0 Å². The minimum Gasteiger partial charge on any atom is -0.336 e. The molecule has 0 unspecified atom stereocenters. The van der Waals surface area contributed by atoms with Crippen LogP contribution in [-0.2, 0) is 4.79 Å². The number of benzene rings is 1. The molecule has 0 radical (unpaired) electrons. The molecule has 5 nitrogen and oxygen atoms in total. The number of carbonyl (C=O) groups excluding carboxylic acids is 2. The summed E-state index contributed by atoms with van der Waals surface area (Å²) in [6.07, 6.45) is 0. The van der Waals surface area contributed by atoms with Crippen LogP contribution in [0.4, 0.5) is 10.5 Å². The summed E-state index contributed by atoms with van der Waals surface area (Å²) in [5.41, 5.74) is 2.91.